The van der Waals surface area contributed by atoms with Crippen LogP contribution in [-0.2, 0) is 4.79 Å². The van der Waals surface area contributed by atoms with E-state index in [1.165, 1.54) is 6.07 Å². The Hall–Kier alpha value is -1.22. The molecular weight excluding hydrogens is 202 g/mol. The molecular formula is C10H12ClNO2. The van der Waals surface area contributed by atoms with Gasteiger partial charge in [0.05, 0.1) is 0 Å². The SMILES string of the molecule is Cc1cc(O)cc(NC(=O)[C@@H](C)Cl)c1. The molecule has 0 radical (unpaired) electrons. The van der Waals surface area contributed by atoms with Gasteiger partial charge in [-0.05, 0) is 31.5 Å². The van der Waals surface area contributed by atoms with Crippen LogP contribution in [0.5, 0.6) is 5.75 Å². The lowest BCUT2D eigenvalue weighted by Crippen LogP contribution is -2.20. The summed E-state index contributed by atoms with van der Waals surface area (Å²) in [6.45, 7) is 3.42. The minimum Gasteiger partial charge on any atom is -0.508 e. The Labute approximate surface area is 87.7 Å². The molecule has 2 N–H and O–H groups in total. The largest absolute Gasteiger partial charge is 0.508 e. The molecule has 0 unspecified atom stereocenters. The number of hydrogen-bond acceptors (Lipinski definition) is 2. The van der Waals surface area contributed by atoms with E-state index in [1.54, 1.807) is 19.1 Å². The van der Waals surface area contributed by atoms with Crippen LogP contribution in [0.3, 0.4) is 0 Å². The molecule has 14 heavy (non-hydrogen) atoms. The molecule has 0 aromatic heterocycles. The van der Waals surface area contributed by atoms with E-state index in [9.17, 15) is 9.90 Å². The van der Waals surface area contributed by atoms with E-state index in [4.69, 9.17) is 11.6 Å². The molecule has 0 saturated heterocycles. The van der Waals surface area contributed by atoms with Gasteiger partial charge < -0.3 is 10.4 Å². The fraction of sp³-hybridized carbons (Fsp3) is 0.300. The Morgan fingerprint density at radius 2 is 2.14 bits per heavy atom. The second-order valence-electron chi connectivity index (χ2n) is 3.16. The van der Waals surface area contributed by atoms with Crippen molar-refractivity contribution in [1.82, 2.24) is 0 Å². The number of nitrogens with one attached hydrogen (secondary N) is 1. The minimum absolute atomic E-state index is 0.127. The standard InChI is InChI=1S/C10H12ClNO2/c1-6-3-8(5-9(13)4-6)12-10(14)7(2)11/h3-5,7,13H,1-2H3,(H,12,14)/t7-/m1/s1. The number of anilines is 1. The number of rotatable bonds is 2. The summed E-state index contributed by atoms with van der Waals surface area (Å²) in [5.41, 5.74) is 1.43. The molecule has 1 rings (SSSR count). The zero-order chi connectivity index (χ0) is 10.7. The van der Waals surface area contributed by atoms with Crippen molar-refractivity contribution in [3.05, 3.63) is 23.8 Å². The summed E-state index contributed by atoms with van der Waals surface area (Å²) >= 11 is 5.58. The van der Waals surface area contributed by atoms with Crippen LogP contribution in [-0.4, -0.2) is 16.4 Å². The molecule has 3 nitrogen and oxygen atoms in total. The number of hydrogen-bond donors (Lipinski definition) is 2. The predicted molar refractivity (Wildman–Crippen MR) is 56.8 cm³/mol. The van der Waals surface area contributed by atoms with Gasteiger partial charge in [0, 0.05) is 11.8 Å². The van der Waals surface area contributed by atoms with Crippen LogP contribution in [0.25, 0.3) is 0 Å². The van der Waals surface area contributed by atoms with E-state index in [2.05, 4.69) is 5.32 Å². The predicted octanol–water partition coefficient (Wildman–Crippen LogP) is 2.27. The smallest absolute Gasteiger partial charge is 0.242 e. The summed E-state index contributed by atoms with van der Waals surface area (Å²) in [6, 6.07) is 4.85. The quantitative estimate of drug-likeness (QED) is 0.741. The fourth-order valence-electron chi connectivity index (χ4n) is 1.08. The Morgan fingerprint density at radius 1 is 1.50 bits per heavy atom. The number of amides is 1. The second-order valence-corrected chi connectivity index (χ2v) is 3.82. The minimum atomic E-state index is -0.586. The number of phenolic OH excluding ortho intramolecular Hbond substituents is 1. The maximum absolute atomic E-state index is 11.2. The number of phenols is 1. The maximum atomic E-state index is 11.2. The zero-order valence-electron chi connectivity index (χ0n) is 8.04. The molecule has 0 aliphatic carbocycles. The van der Waals surface area contributed by atoms with Crippen LogP contribution in [0.1, 0.15) is 12.5 Å². The van der Waals surface area contributed by atoms with Crippen LogP contribution in [0, 0.1) is 6.92 Å². The number of aryl methyl sites for hydroxylation is 1. The molecule has 1 atom stereocenters. The van der Waals surface area contributed by atoms with Gasteiger partial charge in [0.25, 0.3) is 0 Å². The van der Waals surface area contributed by atoms with Crippen LogP contribution in [0.2, 0.25) is 0 Å². The number of benzene rings is 1. The van der Waals surface area contributed by atoms with E-state index in [0.717, 1.165) is 5.56 Å². The summed E-state index contributed by atoms with van der Waals surface area (Å²) in [7, 11) is 0. The second kappa shape index (κ2) is 4.33. The first-order valence-electron chi connectivity index (χ1n) is 4.24. The van der Waals surface area contributed by atoms with Crippen molar-refractivity contribution in [2.75, 3.05) is 5.32 Å². The highest BCUT2D eigenvalue weighted by molar-refractivity contribution is 6.32. The Bertz CT molecular complexity index is 330. The van der Waals surface area contributed by atoms with Crippen molar-refractivity contribution < 1.29 is 9.90 Å². The lowest BCUT2D eigenvalue weighted by Gasteiger charge is -2.07. The topological polar surface area (TPSA) is 49.3 Å². The fourth-order valence-corrected chi connectivity index (χ4v) is 1.13. The number of carbonyl (C=O) groups is 1. The molecule has 4 heteroatoms. The molecule has 0 saturated carbocycles. The monoisotopic (exact) mass is 213 g/mol. The highest BCUT2D eigenvalue weighted by Gasteiger charge is 2.09. The summed E-state index contributed by atoms with van der Waals surface area (Å²) in [6.07, 6.45) is 0. The average molecular weight is 214 g/mol. The molecule has 0 spiro atoms. The third kappa shape index (κ3) is 2.92. The number of halogens is 1. The first-order chi connectivity index (χ1) is 6.49. The van der Waals surface area contributed by atoms with Gasteiger partial charge in [-0.15, -0.1) is 11.6 Å². The number of alkyl halides is 1. The lowest BCUT2D eigenvalue weighted by atomic mass is 10.2. The van der Waals surface area contributed by atoms with Crippen LogP contribution in [0.4, 0.5) is 5.69 Å². The normalized spacial score (nSPS) is 12.2. The number of aromatic hydroxyl groups is 1. The molecule has 0 bridgehead atoms. The summed E-state index contributed by atoms with van der Waals surface area (Å²) in [4.78, 5) is 11.2. The maximum Gasteiger partial charge on any atom is 0.242 e. The van der Waals surface area contributed by atoms with Crippen molar-refractivity contribution in [3.63, 3.8) is 0 Å². The van der Waals surface area contributed by atoms with E-state index < -0.39 is 5.38 Å². The first-order valence-corrected chi connectivity index (χ1v) is 4.68. The average Bonchev–Trinajstić information content (AvgIpc) is 2.01. The molecule has 0 aliphatic heterocycles. The lowest BCUT2D eigenvalue weighted by molar-refractivity contribution is -0.115. The zero-order valence-corrected chi connectivity index (χ0v) is 8.80. The van der Waals surface area contributed by atoms with Crippen molar-refractivity contribution >= 4 is 23.2 Å². The van der Waals surface area contributed by atoms with Gasteiger partial charge in [0.2, 0.25) is 5.91 Å². The van der Waals surface area contributed by atoms with Crippen molar-refractivity contribution in [1.29, 1.82) is 0 Å². The van der Waals surface area contributed by atoms with Crippen LogP contribution in [0.15, 0.2) is 18.2 Å². The van der Waals surface area contributed by atoms with Crippen molar-refractivity contribution in [2.45, 2.75) is 19.2 Å². The van der Waals surface area contributed by atoms with Gasteiger partial charge >= 0.3 is 0 Å². The molecule has 1 aromatic carbocycles. The molecule has 76 valence electrons. The van der Waals surface area contributed by atoms with Crippen LogP contribution < -0.4 is 5.32 Å². The van der Waals surface area contributed by atoms with Crippen molar-refractivity contribution in [3.8, 4) is 5.75 Å². The Balaban J connectivity index is 2.82. The van der Waals surface area contributed by atoms with Gasteiger partial charge in [0.1, 0.15) is 11.1 Å². The third-order valence-corrected chi connectivity index (χ3v) is 1.89. The third-order valence-electron chi connectivity index (χ3n) is 1.69. The van der Waals surface area contributed by atoms with Gasteiger partial charge in [-0.2, -0.15) is 0 Å². The van der Waals surface area contributed by atoms with E-state index in [0.29, 0.717) is 5.69 Å². The van der Waals surface area contributed by atoms with Crippen LogP contribution >= 0.6 is 11.6 Å². The Kier molecular flexibility index (Phi) is 3.36. The summed E-state index contributed by atoms with van der Waals surface area (Å²) in [5, 5.41) is 11.3. The van der Waals surface area contributed by atoms with Gasteiger partial charge in [-0.1, -0.05) is 0 Å². The highest BCUT2D eigenvalue weighted by Crippen LogP contribution is 2.19. The van der Waals surface area contributed by atoms with E-state index in [1.807, 2.05) is 6.92 Å². The van der Waals surface area contributed by atoms with Gasteiger partial charge in [-0.3, -0.25) is 4.79 Å². The van der Waals surface area contributed by atoms with Gasteiger partial charge in [0.15, 0.2) is 0 Å². The Morgan fingerprint density at radius 3 is 2.64 bits per heavy atom. The van der Waals surface area contributed by atoms with E-state index in [-0.39, 0.29) is 11.7 Å². The molecule has 0 heterocycles. The van der Waals surface area contributed by atoms with E-state index >= 15 is 0 Å². The first kappa shape index (κ1) is 10.9. The number of carbonyl (C=O) groups excluding carboxylic acids is 1. The van der Waals surface area contributed by atoms with Gasteiger partial charge in [-0.25, -0.2) is 0 Å². The molecule has 0 aliphatic rings. The molecule has 1 amide bonds. The summed E-state index contributed by atoms with van der Waals surface area (Å²) in [5.74, 6) is -0.154. The highest BCUT2D eigenvalue weighted by atomic mass is 35.5. The molecule has 0 fully saturated rings. The molecule has 1 aromatic rings. The summed E-state index contributed by atoms with van der Waals surface area (Å²) < 4.78 is 0. The van der Waals surface area contributed by atoms with Crippen molar-refractivity contribution in [2.24, 2.45) is 0 Å².